The first-order valence-corrected chi connectivity index (χ1v) is 20.2. The van der Waals surface area contributed by atoms with Crippen LogP contribution in [0.5, 0.6) is 0 Å². The number of para-hydroxylation sites is 4. The molecule has 0 bridgehead atoms. The lowest BCUT2D eigenvalue weighted by atomic mass is 9.99. The Morgan fingerprint density at radius 3 is 1.73 bits per heavy atom. The third-order valence-corrected chi connectivity index (χ3v) is 11.9. The van der Waals surface area contributed by atoms with Gasteiger partial charge in [-0.3, -0.25) is 16.0 Å². The summed E-state index contributed by atoms with van der Waals surface area (Å²) in [6.07, 6.45) is 8.28. The van der Waals surface area contributed by atoms with Crippen molar-refractivity contribution in [2.45, 2.75) is 18.5 Å². The van der Waals surface area contributed by atoms with Crippen LogP contribution in [0.3, 0.4) is 0 Å². The number of anilines is 3. The van der Waals surface area contributed by atoms with Gasteiger partial charge in [-0.15, -0.1) is 12.2 Å². The number of rotatable bonds is 5. The Bertz CT molecular complexity index is 3070. The van der Waals surface area contributed by atoms with Gasteiger partial charge in [0.2, 0.25) is 0 Å². The molecule has 0 radical (unpaired) electrons. The molecule has 1 saturated heterocycles. The molecule has 0 saturated carbocycles. The third-order valence-electron chi connectivity index (χ3n) is 11.9. The largest absolute Gasteiger partial charge is 0.680 e. The van der Waals surface area contributed by atoms with Gasteiger partial charge in [-0.05, 0) is 82.4 Å². The van der Waals surface area contributed by atoms with Crippen molar-refractivity contribution >= 4 is 78.8 Å². The quantitative estimate of drug-likeness (QED) is 0.162. The van der Waals surface area contributed by atoms with E-state index in [4.69, 9.17) is 14.2 Å². The van der Waals surface area contributed by atoms with E-state index in [1.165, 1.54) is 5.56 Å². The molecule has 0 amide bonds. The molecule has 2 aromatic heterocycles. The number of nitrogens with zero attached hydrogens (tertiary/aromatic N) is 2. The summed E-state index contributed by atoms with van der Waals surface area (Å²) < 4.78 is 12.7. The molecule has 1 fully saturated rings. The summed E-state index contributed by atoms with van der Waals surface area (Å²) >= 11 is 0. The fourth-order valence-electron chi connectivity index (χ4n) is 8.98. The highest BCUT2D eigenvalue weighted by molar-refractivity contribution is 6.06. The van der Waals surface area contributed by atoms with Crippen molar-refractivity contribution in [1.29, 1.82) is 0 Å². The number of fused-ring (bicyclic) bond motifs is 8. The molecule has 2 atom stereocenters. The summed E-state index contributed by atoms with van der Waals surface area (Å²) in [6, 6.07) is 55.3. The zero-order chi connectivity index (χ0) is 38.9. The van der Waals surface area contributed by atoms with Crippen LogP contribution in [-0.4, -0.2) is 12.7 Å². The highest BCUT2D eigenvalue weighted by atomic mass is 16.3. The zero-order valence-corrected chi connectivity index (χ0v) is 32.0. The molecule has 3 N–H and O–H groups in total. The van der Waals surface area contributed by atoms with Gasteiger partial charge in [-0.25, -0.2) is 0 Å². The molecule has 7 heteroatoms. The Labute approximate surface area is 340 Å². The predicted molar refractivity (Wildman–Crippen MR) is 240 cm³/mol. The summed E-state index contributed by atoms with van der Waals surface area (Å²) in [5, 5.41) is 21.2. The van der Waals surface area contributed by atoms with Crippen LogP contribution < -0.4 is 20.9 Å². The van der Waals surface area contributed by atoms with Gasteiger partial charge in [0.25, 0.3) is 0 Å². The van der Waals surface area contributed by atoms with Crippen LogP contribution in [0.15, 0.2) is 184 Å². The molecule has 12 rings (SSSR count). The number of furan rings is 2. The number of hydrogen-bond donors (Lipinski definition) is 3. The van der Waals surface area contributed by atoms with Crippen molar-refractivity contribution in [3.63, 3.8) is 0 Å². The zero-order valence-electron chi connectivity index (χ0n) is 32.0. The van der Waals surface area contributed by atoms with Crippen molar-refractivity contribution in [2.75, 3.05) is 11.4 Å². The second-order valence-electron chi connectivity index (χ2n) is 15.5. The lowest BCUT2D eigenvalue weighted by molar-refractivity contribution is 0.221. The molecule has 2 unspecified atom stereocenters. The van der Waals surface area contributed by atoms with Crippen molar-refractivity contribution in [3.05, 3.63) is 209 Å². The smallest absolute Gasteiger partial charge is 0.135 e. The maximum atomic E-state index is 6.33. The number of nitrogens with one attached hydrogen (secondary N) is 3. The Morgan fingerprint density at radius 1 is 0.475 bits per heavy atom. The normalized spacial score (nSPS) is 19.0. The van der Waals surface area contributed by atoms with Gasteiger partial charge in [-0.1, -0.05) is 133 Å². The minimum Gasteiger partial charge on any atom is -0.680 e. The van der Waals surface area contributed by atoms with E-state index in [1.54, 1.807) is 0 Å². The van der Waals surface area contributed by atoms with E-state index >= 15 is 0 Å². The van der Waals surface area contributed by atoms with E-state index in [0.717, 1.165) is 94.5 Å². The van der Waals surface area contributed by atoms with E-state index < -0.39 is 0 Å². The van der Waals surface area contributed by atoms with Crippen LogP contribution in [0.25, 0.3) is 67.0 Å². The first-order chi connectivity index (χ1) is 29.2. The fourth-order valence-corrected chi connectivity index (χ4v) is 8.98. The summed E-state index contributed by atoms with van der Waals surface area (Å²) in [7, 11) is 0. The first-order valence-electron chi connectivity index (χ1n) is 20.2. The molecule has 9 aromatic rings. The molecule has 5 heterocycles. The van der Waals surface area contributed by atoms with Crippen LogP contribution in [0.1, 0.15) is 40.1 Å². The molecular weight excluding hydrogens is 727 g/mol. The first kappa shape index (κ1) is 33.9. The Kier molecular flexibility index (Phi) is 7.91. The van der Waals surface area contributed by atoms with Gasteiger partial charge in [0, 0.05) is 27.2 Å². The van der Waals surface area contributed by atoms with Crippen LogP contribution >= 0.6 is 0 Å². The number of allylic oxidation sites excluding steroid dienone is 2. The molecule has 0 spiro atoms. The van der Waals surface area contributed by atoms with Crippen molar-refractivity contribution < 1.29 is 8.83 Å². The van der Waals surface area contributed by atoms with Gasteiger partial charge >= 0.3 is 0 Å². The highest BCUT2D eigenvalue weighted by Crippen LogP contribution is 2.43. The fraction of sp³-hybridized carbons (Fsp3) is 0.0769. The van der Waals surface area contributed by atoms with Gasteiger partial charge in [0.05, 0.1) is 29.9 Å². The van der Waals surface area contributed by atoms with Crippen molar-refractivity contribution in [3.8, 4) is 0 Å². The van der Waals surface area contributed by atoms with Gasteiger partial charge in [0.15, 0.2) is 0 Å². The SMILES string of the molecule is C1=Cc2cc(C3=CC=C(C4NC(c5ccc6c(c5)oc5ccccc56)NC(c5ccc6c(c5)oc5ccccc56)N4)C[N-]3)ccc2N(c2ccccc2)c2ccccc21. The summed E-state index contributed by atoms with van der Waals surface area (Å²) in [6.45, 7) is 0.551. The van der Waals surface area contributed by atoms with E-state index in [1.807, 2.05) is 24.3 Å². The molecule has 7 aromatic carbocycles. The molecular formula is C52H38N5O2-. The van der Waals surface area contributed by atoms with Crippen LogP contribution in [-0.2, 0) is 0 Å². The Morgan fingerprint density at radius 2 is 1.05 bits per heavy atom. The minimum absolute atomic E-state index is 0.168. The Hall–Kier alpha value is -7.16. The van der Waals surface area contributed by atoms with Crippen molar-refractivity contribution in [1.82, 2.24) is 16.0 Å². The van der Waals surface area contributed by atoms with Crippen LogP contribution in [0, 0.1) is 0 Å². The number of hydrogen-bond acceptors (Lipinski definition) is 6. The van der Waals surface area contributed by atoms with E-state index in [2.05, 4.69) is 179 Å². The maximum absolute atomic E-state index is 6.33. The lowest BCUT2D eigenvalue weighted by Gasteiger charge is -2.43. The van der Waals surface area contributed by atoms with E-state index in [-0.39, 0.29) is 18.5 Å². The molecule has 3 aliphatic rings. The standard InChI is InChI=1S/C52H38N5O2/c1-2-11-38(12-3-1)57-44-15-7-4-10-32(44)18-19-34-28-33(23-27-45(34)57)43-26-22-37(31-53-43)52-55-50(35-20-24-41-39-13-5-8-16-46(39)58-48(41)29-35)54-51(56-52)36-21-25-42-40-14-6-9-17-47(40)59-49(42)30-36/h1-30,50-52,54-56H,31H2/q-1. The second-order valence-corrected chi connectivity index (χ2v) is 15.5. The van der Waals surface area contributed by atoms with Gasteiger partial charge in [0.1, 0.15) is 22.3 Å². The monoisotopic (exact) mass is 764 g/mol. The minimum atomic E-state index is -0.186. The van der Waals surface area contributed by atoms with Crippen molar-refractivity contribution in [2.24, 2.45) is 0 Å². The summed E-state index contributed by atoms with van der Waals surface area (Å²) in [5.41, 5.74) is 14.6. The molecule has 59 heavy (non-hydrogen) atoms. The summed E-state index contributed by atoms with van der Waals surface area (Å²) in [4.78, 5) is 2.35. The average Bonchev–Trinajstić information content (AvgIpc) is 3.81. The summed E-state index contributed by atoms with van der Waals surface area (Å²) in [5.74, 6) is 0. The van der Waals surface area contributed by atoms with Crippen LogP contribution in [0.2, 0.25) is 0 Å². The highest BCUT2D eigenvalue weighted by Gasteiger charge is 2.31. The topological polar surface area (TPSA) is 79.7 Å². The van der Waals surface area contributed by atoms with Gasteiger partial charge < -0.3 is 19.1 Å². The van der Waals surface area contributed by atoms with E-state index in [9.17, 15) is 0 Å². The lowest BCUT2D eigenvalue weighted by Crippen LogP contribution is -2.60. The molecule has 7 nitrogen and oxygen atoms in total. The Balaban J connectivity index is 0.887. The third kappa shape index (κ3) is 5.86. The number of benzene rings is 7. The average molecular weight is 765 g/mol. The van der Waals surface area contributed by atoms with Gasteiger partial charge in [-0.2, -0.15) is 0 Å². The maximum Gasteiger partial charge on any atom is 0.135 e. The van der Waals surface area contributed by atoms with E-state index in [0.29, 0.717) is 6.54 Å². The second kappa shape index (κ2) is 13.7. The molecule has 284 valence electrons. The predicted octanol–water partition coefficient (Wildman–Crippen LogP) is 12.6. The van der Waals surface area contributed by atoms with Crippen LogP contribution in [0.4, 0.5) is 17.1 Å². The molecule has 0 aliphatic carbocycles. The molecule has 3 aliphatic heterocycles.